The van der Waals surface area contributed by atoms with Crippen LogP contribution in [0.4, 0.5) is 0 Å². The molecule has 0 radical (unpaired) electrons. The Labute approximate surface area is 101 Å². The van der Waals surface area contributed by atoms with E-state index in [1.54, 1.807) is 6.33 Å². The van der Waals surface area contributed by atoms with Crippen molar-refractivity contribution < 1.29 is 4.79 Å². The first-order chi connectivity index (χ1) is 8.20. The minimum Gasteiger partial charge on any atom is -0.352 e. The number of carbonyl (C=O) groups excluding carboxylic acids is 1. The SMILES string of the molecule is CC[C@@H](C)NC(=O)Cn1cnc2ccccc21. The molecule has 0 aliphatic heterocycles. The van der Waals surface area contributed by atoms with E-state index in [-0.39, 0.29) is 11.9 Å². The molecule has 2 rings (SSSR count). The van der Waals surface area contributed by atoms with Gasteiger partial charge in [0.05, 0.1) is 17.4 Å². The van der Waals surface area contributed by atoms with Crippen molar-refractivity contribution in [2.45, 2.75) is 32.9 Å². The summed E-state index contributed by atoms with van der Waals surface area (Å²) in [5.74, 6) is 0.0301. The Morgan fingerprint density at radius 2 is 2.24 bits per heavy atom. The van der Waals surface area contributed by atoms with Gasteiger partial charge in [-0.15, -0.1) is 0 Å². The zero-order chi connectivity index (χ0) is 12.3. The summed E-state index contributed by atoms with van der Waals surface area (Å²) in [5.41, 5.74) is 1.91. The second kappa shape index (κ2) is 4.99. The molecule has 2 aromatic rings. The van der Waals surface area contributed by atoms with Crippen LogP contribution in [0, 0.1) is 0 Å². The number of aromatic nitrogens is 2. The van der Waals surface area contributed by atoms with Gasteiger partial charge in [-0.05, 0) is 25.5 Å². The number of nitrogens with one attached hydrogen (secondary N) is 1. The first-order valence-electron chi connectivity index (χ1n) is 5.90. The van der Waals surface area contributed by atoms with Crippen LogP contribution in [0.2, 0.25) is 0 Å². The standard InChI is InChI=1S/C13H17N3O/c1-3-10(2)15-13(17)8-16-9-14-11-6-4-5-7-12(11)16/h4-7,9-10H,3,8H2,1-2H3,(H,15,17)/t10-/m1/s1. The van der Waals surface area contributed by atoms with Gasteiger partial charge in [-0.2, -0.15) is 0 Å². The molecule has 0 aliphatic rings. The van der Waals surface area contributed by atoms with Crippen LogP contribution in [-0.4, -0.2) is 21.5 Å². The number of amides is 1. The van der Waals surface area contributed by atoms with Gasteiger partial charge < -0.3 is 9.88 Å². The fourth-order valence-corrected chi connectivity index (χ4v) is 1.71. The van der Waals surface area contributed by atoms with E-state index in [4.69, 9.17) is 0 Å². The van der Waals surface area contributed by atoms with Crippen molar-refractivity contribution in [3.8, 4) is 0 Å². The number of rotatable bonds is 4. The smallest absolute Gasteiger partial charge is 0.240 e. The highest BCUT2D eigenvalue weighted by Gasteiger charge is 2.08. The Kier molecular flexibility index (Phi) is 3.42. The van der Waals surface area contributed by atoms with Crippen molar-refractivity contribution in [3.05, 3.63) is 30.6 Å². The van der Waals surface area contributed by atoms with Gasteiger partial charge in [0, 0.05) is 6.04 Å². The molecule has 0 spiro atoms. The third-order valence-corrected chi connectivity index (χ3v) is 2.86. The molecule has 0 unspecified atom stereocenters. The summed E-state index contributed by atoms with van der Waals surface area (Å²) in [7, 11) is 0. The van der Waals surface area contributed by atoms with Crippen LogP contribution in [0.15, 0.2) is 30.6 Å². The Morgan fingerprint density at radius 3 is 3.00 bits per heavy atom. The molecule has 90 valence electrons. The Balaban J connectivity index is 2.11. The molecule has 1 heterocycles. The number of para-hydroxylation sites is 2. The lowest BCUT2D eigenvalue weighted by molar-refractivity contribution is -0.122. The molecule has 1 atom stereocenters. The van der Waals surface area contributed by atoms with Gasteiger partial charge >= 0.3 is 0 Å². The molecule has 1 N–H and O–H groups in total. The topological polar surface area (TPSA) is 46.9 Å². The van der Waals surface area contributed by atoms with E-state index in [1.165, 1.54) is 0 Å². The zero-order valence-electron chi connectivity index (χ0n) is 10.2. The third-order valence-electron chi connectivity index (χ3n) is 2.86. The fourth-order valence-electron chi connectivity index (χ4n) is 1.71. The van der Waals surface area contributed by atoms with Crippen LogP contribution < -0.4 is 5.32 Å². The molecule has 1 amide bonds. The number of hydrogen-bond acceptors (Lipinski definition) is 2. The molecular formula is C13H17N3O. The first-order valence-corrected chi connectivity index (χ1v) is 5.90. The van der Waals surface area contributed by atoms with E-state index in [9.17, 15) is 4.79 Å². The summed E-state index contributed by atoms with van der Waals surface area (Å²) >= 11 is 0. The summed E-state index contributed by atoms with van der Waals surface area (Å²) in [6.45, 7) is 4.38. The average Bonchev–Trinajstić information content (AvgIpc) is 2.72. The summed E-state index contributed by atoms with van der Waals surface area (Å²) in [6, 6.07) is 8.03. The van der Waals surface area contributed by atoms with Gasteiger partial charge in [0.1, 0.15) is 6.54 Å². The fraction of sp³-hybridized carbons (Fsp3) is 0.385. The normalized spacial score (nSPS) is 12.6. The van der Waals surface area contributed by atoms with E-state index < -0.39 is 0 Å². The van der Waals surface area contributed by atoms with Gasteiger partial charge in [0.15, 0.2) is 0 Å². The Morgan fingerprint density at radius 1 is 1.47 bits per heavy atom. The molecule has 0 fully saturated rings. The number of fused-ring (bicyclic) bond motifs is 1. The van der Waals surface area contributed by atoms with Gasteiger partial charge in [-0.1, -0.05) is 19.1 Å². The molecule has 4 heteroatoms. The van der Waals surface area contributed by atoms with Crippen molar-refractivity contribution in [2.75, 3.05) is 0 Å². The Bertz CT molecular complexity index is 518. The molecule has 1 aromatic carbocycles. The molecule has 4 nitrogen and oxygen atoms in total. The molecule has 1 aromatic heterocycles. The number of carbonyl (C=O) groups is 1. The summed E-state index contributed by atoms with van der Waals surface area (Å²) < 4.78 is 1.87. The number of nitrogens with zero attached hydrogens (tertiary/aromatic N) is 2. The Hall–Kier alpha value is -1.84. The van der Waals surface area contributed by atoms with Crippen molar-refractivity contribution >= 4 is 16.9 Å². The van der Waals surface area contributed by atoms with Crippen LogP contribution in [0.1, 0.15) is 20.3 Å². The molecule has 0 saturated carbocycles. The molecule has 0 bridgehead atoms. The van der Waals surface area contributed by atoms with Crippen molar-refractivity contribution in [3.63, 3.8) is 0 Å². The largest absolute Gasteiger partial charge is 0.352 e. The molecule has 17 heavy (non-hydrogen) atoms. The molecule has 0 aliphatic carbocycles. The zero-order valence-corrected chi connectivity index (χ0v) is 10.2. The van der Waals surface area contributed by atoms with Crippen molar-refractivity contribution in [1.82, 2.24) is 14.9 Å². The van der Waals surface area contributed by atoms with Gasteiger partial charge in [-0.25, -0.2) is 4.98 Å². The minimum absolute atomic E-state index is 0.0301. The van der Waals surface area contributed by atoms with Crippen LogP contribution in [-0.2, 0) is 11.3 Å². The van der Waals surface area contributed by atoms with Crippen molar-refractivity contribution in [2.24, 2.45) is 0 Å². The molecule has 0 saturated heterocycles. The predicted octanol–water partition coefficient (Wildman–Crippen LogP) is 1.95. The van der Waals surface area contributed by atoms with Gasteiger partial charge in [-0.3, -0.25) is 4.79 Å². The van der Waals surface area contributed by atoms with Crippen molar-refractivity contribution in [1.29, 1.82) is 0 Å². The lowest BCUT2D eigenvalue weighted by Crippen LogP contribution is -2.34. The number of benzene rings is 1. The number of imidazole rings is 1. The van der Waals surface area contributed by atoms with Crippen LogP contribution in [0.25, 0.3) is 11.0 Å². The quantitative estimate of drug-likeness (QED) is 0.874. The first kappa shape index (κ1) is 11.6. The lowest BCUT2D eigenvalue weighted by atomic mass is 10.2. The highest BCUT2D eigenvalue weighted by atomic mass is 16.2. The monoisotopic (exact) mass is 231 g/mol. The van der Waals surface area contributed by atoms with E-state index in [0.717, 1.165) is 17.5 Å². The number of hydrogen-bond donors (Lipinski definition) is 1. The maximum Gasteiger partial charge on any atom is 0.240 e. The highest BCUT2D eigenvalue weighted by molar-refractivity contribution is 5.80. The van der Waals surface area contributed by atoms with Crippen LogP contribution in [0.3, 0.4) is 0 Å². The maximum atomic E-state index is 11.8. The van der Waals surface area contributed by atoms with E-state index in [0.29, 0.717) is 6.54 Å². The second-order valence-corrected chi connectivity index (χ2v) is 4.24. The summed E-state index contributed by atoms with van der Waals surface area (Å²) in [5, 5.41) is 2.94. The van der Waals surface area contributed by atoms with E-state index >= 15 is 0 Å². The minimum atomic E-state index is 0.0301. The molecular weight excluding hydrogens is 214 g/mol. The summed E-state index contributed by atoms with van der Waals surface area (Å²) in [6.07, 6.45) is 2.65. The van der Waals surface area contributed by atoms with E-state index in [2.05, 4.69) is 17.2 Å². The van der Waals surface area contributed by atoms with Crippen LogP contribution in [0.5, 0.6) is 0 Å². The lowest BCUT2D eigenvalue weighted by Gasteiger charge is -2.11. The highest BCUT2D eigenvalue weighted by Crippen LogP contribution is 2.11. The summed E-state index contributed by atoms with van der Waals surface area (Å²) in [4.78, 5) is 16.0. The van der Waals surface area contributed by atoms with Crippen LogP contribution >= 0.6 is 0 Å². The maximum absolute atomic E-state index is 11.8. The average molecular weight is 231 g/mol. The third kappa shape index (κ3) is 2.64. The predicted molar refractivity (Wildman–Crippen MR) is 67.6 cm³/mol. The van der Waals surface area contributed by atoms with Gasteiger partial charge in [0.2, 0.25) is 5.91 Å². The second-order valence-electron chi connectivity index (χ2n) is 4.24. The van der Waals surface area contributed by atoms with E-state index in [1.807, 2.05) is 35.8 Å². The van der Waals surface area contributed by atoms with Gasteiger partial charge in [0.25, 0.3) is 0 Å².